The Morgan fingerprint density at radius 3 is 2.27 bits per heavy atom. The molecule has 1 rings (SSSR count). The number of nitrogens with zero attached hydrogens (tertiary/aromatic N) is 1. The minimum absolute atomic E-state index is 0.456. The first-order valence-electron chi connectivity index (χ1n) is 3.55. The van der Waals surface area contributed by atoms with Gasteiger partial charge in [-0.25, -0.2) is 8.42 Å². The van der Waals surface area contributed by atoms with Crippen LogP contribution >= 0.6 is 0 Å². The van der Waals surface area contributed by atoms with Crippen LogP contribution in [-0.4, -0.2) is 42.8 Å². The van der Waals surface area contributed by atoms with E-state index in [4.69, 9.17) is 5.11 Å². The van der Waals surface area contributed by atoms with Gasteiger partial charge in [-0.15, -0.1) is 0 Å². The molecule has 66 valence electrons. The highest BCUT2D eigenvalue weighted by atomic mass is 32.2. The van der Waals surface area contributed by atoms with Gasteiger partial charge in [0, 0.05) is 12.8 Å². The fourth-order valence-corrected chi connectivity index (χ4v) is 2.58. The molecule has 0 saturated carbocycles. The standard InChI is InChI=1S/C6H13NO3S/c1-5(8)7-4-3-6(7)11(2,9)10/h5-6,8H,3-4H2,1-2H3. The van der Waals surface area contributed by atoms with Gasteiger partial charge in [-0.3, -0.25) is 4.90 Å². The number of aliphatic hydroxyl groups is 1. The Morgan fingerprint density at radius 2 is 2.18 bits per heavy atom. The summed E-state index contributed by atoms with van der Waals surface area (Å²) in [5.41, 5.74) is 0. The molecule has 1 fully saturated rings. The van der Waals surface area contributed by atoms with Gasteiger partial charge in [-0.05, 0) is 13.3 Å². The molecule has 11 heavy (non-hydrogen) atoms. The summed E-state index contributed by atoms with van der Waals surface area (Å²) in [6.07, 6.45) is 1.19. The molecule has 2 unspecified atom stereocenters. The van der Waals surface area contributed by atoms with Crippen molar-refractivity contribution in [2.24, 2.45) is 0 Å². The average Bonchev–Trinajstić information content (AvgIpc) is 1.51. The molecular formula is C6H13NO3S. The molecule has 0 amide bonds. The van der Waals surface area contributed by atoms with Crippen LogP contribution in [0.4, 0.5) is 0 Å². The van der Waals surface area contributed by atoms with E-state index in [0.29, 0.717) is 13.0 Å². The average molecular weight is 179 g/mol. The van der Waals surface area contributed by atoms with Gasteiger partial charge in [-0.2, -0.15) is 0 Å². The van der Waals surface area contributed by atoms with E-state index in [1.54, 1.807) is 11.8 Å². The monoisotopic (exact) mass is 179 g/mol. The summed E-state index contributed by atoms with van der Waals surface area (Å²) in [6.45, 7) is 2.26. The second-order valence-electron chi connectivity index (χ2n) is 2.94. The lowest BCUT2D eigenvalue weighted by atomic mass is 10.2. The Hall–Kier alpha value is -0.130. The number of sulfone groups is 1. The van der Waals surface area contributed by atoms with Crippen LogP contribution in [0.15, 0.2) is 0 Å². The third-order valence-corrected chi connectivity index (χ3v) is 3.47. The van der Waals surface area contributed by atoms with Gasteiger partial charge in [0.25, 0.3) is 0 Å². The summed E-state index contributed by atoms with van der Waals surface area (Å²) < 4.78 is 22.0. The second kappa shape index (κ2) is 2.73. The number of rotatable bonds is 2. The van der Waals surface area contributed by atoms with Crippen LogP contribution in [0.25, 0.3) is 0 Å². The largest absolute Gasteiger partial charge is 0.379 e. The van der Waals surface area contributed by atoms with Gasteiger partial charge >= 0.3 is 0 Å². The number of hydrogen-bond donors (Lipinski definition) is 1. The van der Waals surface area contributed by atoms with Crippen molar-refractivity contribution < 1.29 is 13.5 Å². The van der Waals surface area contributed by atoms with E-state index >= 15 is 0 Å². The molecule has 1 saturated heterocycles. The molecule has 0 spiro atoms. The number of likely N-dealkylation sites (tertiary alicyclic amines) is 1. The first-order valence-corrected chi connectivity index (χ1v) is 5.51. The maximum absolute atomic E-state index is 11.0. The van der Waals surface area contributed by atoms with Crippen LogP contribution in [0, 0.1) is 0 Å². The van der Waals surface area contributed by atoms with Gasteiger partial charge < -0.3 is 5.11 Å². The predicted octanol–water partition coefficient (Wildman–Crippen LogP) is -0.599. The van der Waals surface area contributed by atoms with Crippen molar-refractivity contribution in [1.82, 2.24) is 4.90 Å². The zero-order chi connectivity index (χ0) is 8.65. The topological polar surface area (TPSA) is 57.6 Å². The highest BCUT2D eigenvalue weighted by Crippen LogP contribution is 2.23. The van der Waals surface area contributed by atoms with Crippen molar-refractivity contribution in [1.29, 1.82) is 0 Å². The lowest BCUT2D eigenvalue weighted by Gasteiger charge is -2.41. The SMILES string of the molecule is CC(O)N1CCC1S(C)(=O)=O. The van der Waals surface area contributed by atoms with E-state index in [1.165, 1.54) is 6.26 Å². The highest BCUT2D eigenvalue weighted by molar-refractivity contribution is 7.91. The summed E-state index contributed by atoms with van der Waals surface area (Å²) in [6, 6.07) is 0. The quantitative estimate of drug-likeness (QED) is 0.615. The van der Waals surface area contributed by atoms with Crippen molar-refractivity contribution >= 4 is 9.84 Å². The molecule has 0 aromatic rings. The number of aliphatic hydroxyl groups excluding tert-OH is 1. The van der Waals surface area contributed by atoms with Gasteiger partial charge in [-0.1, -0.05) is 0 Å². The van der Waals surface area contributed by atoms with E-state index in [-0.39, 0.29) is 0 Å². The van der Waals surface area contributed by atoms with Crippen LogP contribution in [0.2, 0.25) is 0 Å². The van der Waals surface area contributed by atoms with Crippen molar-refractivity contribution in [3.63, 3.8) is 0 Å². The lowest BCUT2D eigenvalue weighted by molar-refractivity contribution is -0.0359. The molecular weight excluding hydrogens is 166 g/mol. The van der Waals surface area contributed by atoms with E-state index in [2.05, 4.69) is 0 Å². The molecule has 0 aromatic carbocycles. The Kier molecular flexibility index (Phi) is 2.22. The third-order valence-electron chi connectivity index (χ3n) is 1.98. The fourth-order valence-electron chi connectivity index (χ4n) is 1.27. The Labute approximate surface area is 66.7 Å². The van der Waals surface area contributed by atoms with Gasteiger partial charge in [0.05, 0.1) is 0 Å². The van der Waals surface area contributed by atoms with Crippen molar-refractivity contribution in [2.45, 2.75) is 24.9 Å². The zero-order valence-electron chi connectivity index (χ0n) is 6.69. The molecule has 1 heterocycles. The van der Waals surface area contributed by atoms with Crippen molar-refractivity contribution in [3.8, 4) is 0 Å². The van der Waals surface area contributed by atoms with E-state index < -0.39 is 21.4 Å². The molecule has 2 atom stereocenters. The first kappa shape index (κ1) is 8.96. The lowest BCUT2D eigenvalue weighted by Crippen LogP contribution is -2.55. The van der Waals surface area contributed by atoms with Crippen LogP contribution in [0.5, 0.6) is 0 Å². The molecule has 4 nitrogen and oxygen atoms in total. The van der Waals surface area contributed by atoms with Gasteiger partial charge in [0.2, 0.25) is 0 Å². The normalized spacial score (nSPS) is 29.5. The maximum Gasteiger partial charge on any atom is 0.163 e. The minimum atomic E-state index is -2.99. The summed E-state index contributed by atoms with van der Waals surface area (Å²) in [4.78, 5) is 1.56. The molecule has 0 aromatic heterocycles. The van der Waals surface area contributed by atoms with Gasteiger partial charge in [0.1, 0.15) is 11.6 Å². The van der Waals surface area contributed by atoms with Crippen LogP contribution < -0.4 is 0 Å². The molecule has 1 aliphatic heterocycles. The zero-order valence-corrected chi connectivity index (χ0v) is 7.50. The maximum atomic E-state index is 11.0. The summed E-state index contributed by atoms with van der Waals surface area (Å²) >= 11 is 0. The molecule has 5 heteroatoms. The van der Waals surface area contributed by atoms with Gasteiger partial charge in [0.15, 0.2) is 9.84 Å². The second-order valence-corrected chi connectivity index (χ2v) is 5.15. The molecule has 0 radical (unpaired) electrons. The van der Waals surface area contributed by atoms with E-state index in [9.17, 15) is 8.42 Å². The van der Waals surface area contributed by atoms with E-state index in [1.807, 2.05) is 0 Å². The van der Waals surface area contributed by atoms with Crippen molar-refractivity contribution in [2.75, 3.05) is 12.8 Å². The first-order chi connectivity index (χ1) is 4.93. The molecule has 0 aliphatic carbocycles. The molecule has 0 bridgehead atoms. The van der Waals surface area contributed by atoms with Crippen molar-refractivity contribution in [3.05, 3.63) is 0 Å². The van der Waals surface area contributed by atoms with Crippen LogP contribution in [-0.2, 0) is 9.84 Å². The predicted molar refractivity (Wildman–Crippen MR) is 41.6 cm³/mol. The Balaban J connectivity index is 2.65. The summed E-state index contributed by atoms with van der Waals surface area (Å²) in [7, 11) is -2.99. The number of hydrogen-bond acceptors (Lipinski definition) is 4. The third kappa shape index (κ3) is 1.72. The minimum Gasteiger partial charge on any atom is -0.379 e. The molecule has 1 N–H and O–H groups in total. The Bertz CT molecular complexity index is 234. The van der Waals surface area contributed by atoms with Crippen LogP contribution in [0.3, 0.4) is 0 Å². The smallest absolute Gasteiger partial charge is 0.163 e. The van der Waals surface area contributed by atoms with E-state index in [0.717, 1.165) is 0 Å². The van der Waals surface area contributed by atoms with Crippen LogP contribution in [0.1, 0.15) is 13.3 Å². The molecule has 1 aliphatic rings. The fraction of sp³-hybridized carbons (Fsp3) is 1.00. The Morgan fingerprint density at radius 1 is 1.64 bits per heavy atom. The summed E-state index contributed by atoms with van der Waals surface area (Å²) in [5.74, 6) is 0. The summed E-state index contributed by atoms with van der Waals surface area (Å²) in [5, 5.41) is 8.61. The highest BCUT2D eigenvalue weighted by Gasteiger charge is 2.37.